The topological polar surface area (TPSA) is 99.8 Å². The molecule has 2 atom stereocenters. The van der Waals surface area contributed by atoms with Gasteiger partial charge in [0.2, 0.25) is 11.8 Å². The second-order valence-electron chi connectivity index (χ2n) is 9.10. The minimum Gasteiger partial charge on any atom is -0.376 e. The van der Waals surface area contributed by atoms with Gasteiger partial charge in [0.15, 0.2) is 0 Å². The summed E-state index contributed by atoms with van der Waals surface area (Å²) in [6, 6.07) is 5.30. The van der Waals surface area contributed by atoms with Crippen LogP contribution in [0.15, 0.2) is 18.2 Å². The highest BCUT2D eigenvalue weighted by molar-refractivity contribution is 6.05. The summed E-state index contributed by atoms with van der Waals surface area (Å²) >= 11 is 0. The molecule has 2 unspecified atom stereocenters. The third-order valence-corrected chi connectivity index (χ3v) is 6.91. The van der Waals surface area contributed by atoms with Crippen molar-refractivity contribution in [2.45, 2.75) is 50.9 Å². The first-order chi connectivity index (χ1) is 14.5. The summed E-state index contributed by atoms with van der Waals surface area (Å²) in [7, 11) is 0. The molecule has 0 bridgehead atoms. The molecule has 8 heteroatoms. The second kappa shape index (κ2) is 7.76. The van der Waals surface area contributed by atoms with Gasteiger partial charge in [0.1, 0.15) is 6.04 Å². The van der Waals surface area contributed by atoms with Crippen LogP contribution < -0.4 is 16.0 Å². The molecule has 1 aromatic rings. The highest BCUT2D eigenvalue weighted by Crippen LogP contribution is 2.34. The minimum absolute atomic E-state index is 0.131. The summed E-state index contributed by atoms with van der Waals surface area (Å²) in [5.74, 6) is -0.773. The minimum atomic E-state index is -0.568. The fraction of sp³-hybridized carbons (Fsp3) is 0.591. The summed E-state index contributed by atoms with van der Waals surface area (Å²) in [6.07, 6.45) is 3.23. The van der Waals surface area contributed by atoms with Gasteiger partial charge in [0.25, 0.3) is 5.91 Å². The molecule has 30 heavy (non-hydrogen) atoms. The zero-order chi connectivity index (χ0) is 20.7. The number of benzene rings is 1. The summed E-state index contributed by atoms with van der Waals surface area (Å²) in [4.78, 5) is 37.9. The van der Waals surface area contributed by atoms with Crippen molar-refractivity contribution in [2.75, 3.05) is 26.2 Å². The number of amides is 3. The first-order valence-corrected chi connectivity index (χ1v) is 10.8. The Bertz CT molecular complexity index is 872. The van der Waals surface area contributed by atoms with Crippen molar-refractivity contribution in [1.82, 2.24) is 20.9 Å². The molecule has 0 saturated carbocycles. The van der Waals surface area contributed by atoms with Crippen molar-refractivity contribution in [3.63, 3.8) is 0 Å². The van der Waals surface area contributed by atoms with E-state index in [-0.39, 0.29) is 30.2 Å². The maximum atomic E-state index is 12.8. The van der Waals surface area contributed by atoms with Gasteiger partial charge in [-0.1, -0.05) is 12.1 Å². The number of rotatable bonds is 5. The molecular formula is C22H28N4O4. The second-order valence-corrected chi connectivity index (χ2v) is 9.10. The van der Waals surface area contributed by atoms with Gasteiger partial charge >= 0.3 is 0 Å². The van der Waals surface area contributed by atoms with Crippen LogP contribution in [0.4, 0.5) is 0 Å². The Kier molecular flexibility index (Phi) is 5.08. The largest absolute Gasteiger partial charge is 0.376 e. The summed E-state index contributed by atoms with van der Waals surface area (Å²) < 4.78 is 6.04. The molecule has 160 valence electrons. The molecule has 1 spiro atoms. The Labute approximate surface area is 175 Å². The number of piperidine rings is 1. The smallest absolute Gasteiger partial charge is 0.255 e. The maximum absolute atomic E-state index is 12.8. The Morgan fingerprint density at radius 1 is 1.20 bits per heavy atom. The summed E-state index contributed by atoms with van der Waals surface area (Å²) in [5.41, 5.74) is 3.09. The Morgan fingerprint density at radius 2 is 2.07 bits per heavy atom. The average molecular weight is 412 g/mol. The molecule has 3 fully saturated rings. The van der Waals surface area contributed by atoms with Crippen LogP contribution in [0.3, 0.4) is 0 Å². The van der Waals surface area contributed by atoms with Gasteiger partial charge in [0.05, 0.1) is 12.7 Å². The van der Waals surface area contributed by atoms with E-state index < -0.39 is 6.04 Å². The molecule has 4 aliphatic heterocycles. The van der Waals surface area contributed by atoms with Crippen LogP contribution in [0, 0.1) is 5.41 Å². The van der Waals surface area contributed by atoms with E-state index in [1.54, 1.807) is 4.90 Å². The molecule has 5 rings (SSSR count). The number of hydrogen-bond acceptors (Lipinski definition) is 6. The Hall–Kier alpha value is -2.29. The summed E-state index contributed by atoms with van der Waals surface area (Å²) in [6.45, 7) is 4.96. The van der Waals surface area contributed by atoms with Crippen LogP contribution in [0.5, 0.6) is 0 Å². The van der Waals surface area contributed by atoms with Crippen LogP contribution >= 0.6 is 0 Å². The first-order valence-electron chi connectivity index (χ1n) is 10.8. The highest BCUT2D eigenvalue weighted by atomic mass is 16.5. The number of ether oxygens (including phenoxy) is 1. The fourth-order valence-electron chi connectivity index (χ4n) is 4.95. The molecule has 8 nitrogen and oxygen atoms in total. The van der Waals surface area contributed by atoms with E-state index in [2.05, 4.69) is 16.0 Å². The van der Waals surface area contributed by atoms with Crippen molar-refractivity contribution in [3.05, 3.63) is 34.9 Å². The molecule has 0 aromatic heterocycles. The number of imide groups is 1. The monoisotopic (exact) mass is 412 g/mol. The van der Waals surface area contributed by atoms with E-state index in [0.717, 1.165) is 43.8 Å². The van der Waals surface area contributed by atoms with E-state index >= 15 is 0 Å². The first kappa shape index (κ1) is 19.7. The molecule has 0 aliphatic carbocycles. The third kappa shape index (κ3) is 3.64. The molecule has 4 heterocycles. The normalized spacial score (nSPS) is 27.7. The average Bonchev–Trinajstić information content (AvgIpc) is 3.03. The van der Waals surface area contributed by atoms with E-state index in [9.17, 15) is 14.4 Å². The zero-order valence-corrected chi connectivity index (χ0v) is 17.0. The SMILES string of the molecule is O=C1CCC(N2Cc3cc(CNCC4CCC5(CNC5)CO4)ccc3C2=O)C(=O)N1. The molecule has 1 aromatic carbocycles. The molecule has 3 N–H and O–H groups in total. The van der Waals surface area contributed by atoms with Crippen LogP contribution in [-0.2, 0) is 27.4 Å². The fourth-order valence-corrected chi connectivity index (χ4v) is 4.95. The molecule has 3 saturated heterocycles. The quantitative estimate of drug-likeness (QED) is 0.602. The molecule has 4 aliphatic rings. The Balaban J connectivity index is 1.15. The molecule has 3 amide bonds. The predicted molar refractivity (Wildman–Crippen MR) is 108 cm³/mol. The van der Waals surface area contributed by atoms with E-state index in [0.29, 0.717) is 30.5 Å². The van der Waals surface area contributed by atoms with Gasteiger partial charge in [-0.25, -0.2) is 0 Å². The van der Waals surface area contributed by atoms with Crippen molar-refractivity contribution >= 4 is 17.7 Å². The lowest BCUT2D eigenvalue weighted by Crippen LogP contribution is -2.59. The van der Waals surface area contributed by atoms with Gasteiger partial charge in [-0.3, -0.25) is 19.7 Å². The van der Waals surface area contributed by atoms with Crippen molar-refractivity contribution < 1.29 is 19.1 Å². The van der Waals surface area contributed by atoms with Crippen LogP contribution in [0.1, 0.15) is 47.2 Å². The number of carbonyl (C=O) groups is 3. The van der Waals surface area contributed by atoms with E-state index in [4.69, 9.17) is 4.74 Å². The lowest BCUT2D eigenvalue weighted by molar-refractivity contribution is -0.136. The van der Waals surface area contributed by atoms with Gasteiger partial charge in [0, 0.05) is 50.1 Å². The van der Waals surface area contributed by atoms with Gasteiger partial charge in [-0.2, -0.15) is 0 Å². The lowest BCUT2D eigenvalue weighted by atomic mass is 9.76. The highest BCUT2D eigenvalue weighted by Gasteiger charge is 2.41. The van der Waals surface area contributed by atoms with Gasteiger partial charge < -0.3 is 20.3 Å². The summed E-state index contributed by atoms with van der Waals surface area (Å²) in [5, 5.41) is 9.17. The Morgan fingerprint density at radius 3 is 2.77 bits per heavy atom. The van der Waals surface area contributed by atoms with Gasteiger partial charge in [-0.05, 0) is 36.5 Å². The van der Waals surface area contributed by atoms with Crippen molar-refractivity contribution in [2.24, 2.45) is 5.41 Å². The van der Waals surface area contributed by atoms with Crippen molar-refractivity contribution in [3.8, 4) is 0 Å². The number of hydrogen-bond donors (Lipinski definition) is 3. The van der Waals surface area contributed by atoms with Crippen LogP contribution in [0.2, 0.25) is 0 Å². The van der Waals surface area contributed by atoms with E-state index in [1.807, 2.05) is 18.2 Å². The van der Waals surface area contributed by atoms with Crippen LogP contribution in [-0.4, -0.2) is 61.0 Å². The number of nitrogens with one attached hydrogen (secondary N) is 3. The number of nitrogens with zero attached hydrogens (tertiary/aromatic N) is 1. The zero-order valence-electron chi connectivity index (χ0n) is 17.0. The maximum Gasteiger partial charge on any atom is 0.255 e. The predicted octanol–water partition coefficient (Wildman–Crippen LogP) is 0.306. The van der Waals surface area contributed by atoms with E-state index in [1.165, 1.54) is 6.42 Å². The van der Waals surface area contributed by atoms with Crippen molar-refractivity contribution in [1.29, 1.82) is 0 Å². The number of carbonyl (C=O) groups excluding carboxylic acids is 3. The molecule has 0 radical (unpaired) electrons. The molecular weight excluding hydrogens is 384 g/mol. The third-order valence-electron chi connectivity index (χ3n) is 6.91. The standard InChI is InChI=1S/C22H28N4O4/c27-19-4-3-18(20(28)25-19)26-10-15-7-14(1-2-17(15)21(26)29)8-23-9-16-5-6-22(13-30-16)11-24-12-22/h1-2,7,16,18,23-24H,3-6,8-13H2,(H,25,27,28). The van der Waals surface area contributed by atoms with Crippen LogP contribution in [0.25, 0.3) is 0 Å². The lowest BCUT2D eigenvalue weighted by Gasteiger charge is -2.47. The van der Waals surface area contributed by atoms with Gasteiger partial charge in [-0.15, -0.1) is 0 Å². The number of fused-ring (bicyclic) bond motifs is 1.